The van der Waals surface area contributed by atoms with Crippen molar-refractivity contribution < 1.29 is 4.74 Å². The van der Waals surface area contributed by atoms with Gasteiger partial charge in [0, 0.05) is 13.2 Å². The monoisotopic (exact) mass is 587 g/mol. The van der Waals surface area contributed by atoms with Crippen LogP contribution in [0, 0.1) is 0 Å². The predicted molar refractivity (Wildman–Crippen MR) is 191 cm³/mol. The second-order valence-corrected chi connectivity index (χ2v) is 12.7. The summed E-state index contributed by atoms with van der Waals surface area (Å²) in [6.45, 7) is 9.73. The van der Waals surface area contributed by atoms with Gasteiger partial charge in [0.05, 0.1) is 0 Å². The summed E-state index contributed by atoms with van der Waals surface area (Å²) in [4.78, 5) is 0. The van der Waals surface area contributed by atoms with Gasteiger partial charge in [-0.1, -0.05) is 163 Å². The highest BCUT2D eigenvalue weighted by Crippen LogP contribution is 2.17. The molecule has 0 saturated heterocycles. The lowest BCUT2D eigenvalue weighted by Crippen LogP contribution is -1.97. The Morgan fingerprint density at radius 1 is 0.372 bits per heavy atom. The first kappa shape index (κ1) is 37.1. The van der Waals surface area contributed by atoms with Crippen molar-refractivity contribution >= 4 is 0 Å². The highest BCUT2D eigenvalue weighted by Gasteiger charge is 2.02. The Hall–Kier alpha value is -2.12. The summed E-state index contributed by atoms with van der Waals surface area (Å²) >= 11 is 0. The molecule has 0 atom stereocenters. The van der Waals surface area contributed by atoms with Crippen molar-refractivity contribution in [2.24, 2.45) is 0 Å². The van der Waals surface area contributed by atoms with Crippen molar-refractivity contribution in [2.75, 3.05) is 13.2 Å². The SMILES string of the molecule is C=CCc1ccccc1CCCCCCCCCCCCOCCCCCCCCCCCCc1ccccc1CC=C. The molecule has 0 saturated carbocycles. The Bertz CT molecular complexity index is 852. The third-order valence-corrected chi connectivity index (χ3v) is 8.93. The molecule has 0 radical (unpaired) electrons. The van der Waals surface area contributed by atoms with Gasteiger partial charge in [-0.15, -0.1) is 13.2 Å². The van der Waals surface area contributed by atoms with Crippen LogP contribution in [0.3, 0.4) is 0 Å². The van der Waals surface area contributed by atoms with Crippen LogP contribution in [0.25, 0.3) is 0 Å². The molecule has 240 valence electrons. The lowest BCUT2D eigenvalue weighted by Gasteiger charge is -2.08. The zero-order valence-electron chi connectivity index (χ0n) is 28.0. The molecule has 43 heavy (non-hydrogen) atoms. The largest absolute Gasteiger partial charge is 0.381 e. The summed E-state index contributed by atoms with van der Waals surface area (Å²) in [6, 6.07) is 17.7. The van der Waals surface area contributed by atoms with Gasteiger partial charge in [-0.05, 0) is 73.6 Å². The molecule has 1 nitrogen and oxygen atoms in total. The van der Waals surface area contributed by atoms with Crippen molar-refractivity contribution in [3.05, 3.63) is 96.1 Å². The smallest absolute Gasteiger partial charge is 0.0466 e. The Balaban J connectivity index is 1.23. The van der Waals surface area contributed by atoms with Crippen molar-refractivity contribution in [3.63, 3.8) is 0 Å². The molecule has 0 aliphatic rings. The first-order valence-corrected chi connectivity index (χ1v) is 18.3. The second-order valence-electron chi connectivity index (χ2n) is 12.7. The molecule has 2 aromatic rings. The van der Waals surface area contributed by atoms with Gasteiger partial charge in [-0.25, -0.2) is 0 Å². The average Bonchev–Trinajstić information content (AvgIpc) is 3.03. The van der Waals surface area contributed by atoms with E-state index in [2.05, 4.69) is 61.7 Å². The lowest BCUT2D eigenvalue weighted by molar-refractivity contribution is 0.125. The van der Waals surface area contributed by atoms with Crippen molar-refractivity contribution in [3.8, 4) is 0 Å². The molecule has 0 amide bonds. The molecular weight excluding hydrogens is 520 g/mol. The number of ether oxygens (including phenoxy) is 1. The van der Waals surface area contributed by atoms with Gasteiger partial charge in [-0.2, -0.15) is 0 Å². The summed E-state index contributed by atoms with van der Waals surface area (Å²) in [7, 11) is 0. The molecule has 2 aromatic carbocycles. The first-order chi connectivity index (χ1) is 21.3. The minimum Gasteiger partial charge on any atom is -0.381 e. The van der Waals surface area contributed by atoms with Gasteiger partial charge in [0.2, 0.25) is 0 Å². The summed E-state index contributed by atoms with van der Waals surface area (Å²) in [5.41, 5.74) is 5.96. The van der Waals surface area contributed by atoms with E-state index in [4.69, 9.17) is 4.74 Å². The molecule has 2 rings (SSSR count). The van der Waals surface area contributed by atoms with Gasteiger partial charge in [-0.3, -0.25) is 0 Å². The van der Waals surface area contributed by atoms with Crippen molar-refractivity contribution in [1.82, 2.24) is 0 Å². The maximum Gasteiger partial charge on any atom is 0.0466 e. The molecule has 0 aliphatic carbocycles. The fraction of sp³-hybridized carbons (Fsp3) is 0.619. The number of allylic oxidation sites excluding steroid dienone is 2. The van der Waals surface area contributed by atoms with Crippen LogP contribution in [-0.4, -0.2) is 13.2 Å². The quantitative estimate of drug-likeness (QED) is 0.0653. The minimum absolute atomic E-state index is 0.968. The summed E-state index contributed by atoms with van der Waals surface area (Å²) in [5, 5.41) is 0. The van der Waals surface area contributed by atoms with E-state index in [9.17, 15) is 0 Å². The third kappa shape index (κ3) is 19.7. The van der Waals surface area contributed by atoms with E-state index in [1.54, 1.807) is 0 Å². The molecule has 0 N–H and O–H groups in total. The van der Waals surface area contributed by atoms with Gasteiger partial charge in [0.15, 0.2) is 0 Å². The van der Waals surface area contributed by atoms with E-state index < -0.39 is 0 Å². The number of hydrogen-bond acceptors (Lipinski definition) is 1. The predicted octanol–water partition coefficient (Wildman–Crippen LogP) is 12.7. The molecule has 0 spiro atoms. The van der Waals surface area contributed by atoms with Crippen molar-refractivity contribution in [1.29, 1.82) is 0 Å². The van der Waals surface area contributed by atoms with Crippen LogP contribution in [0.15, 0.2) is 73.8 Å². The van der Waals surface area contributed by atoms with E-state index in [1.165, 1.54) is 164 Å². The van der Waals surface area contributed by atoms with Crippen LogP contribution in [0.4, 0.5) is 0 Å². The Morgan fingerprint density at radius 3 is 0.977 bits per heavy atom. The lowest BCUT2D eigenvalue weighted by atomic mass is 9.98. The standard InChI is InChI=1S/C42H66O/c1-3-29-39-33-23-25-35-41(39)31-21-17-13-9-5-7-11-15-19-27-37-43-38-28-20-16-12-8-6-10-14-18-22-32-42-36-26-24-34-40(42)30-4-2/h3-4,23-26,33-36H,1-2,5-22,27-32,37-38H2. The zero-order valence-corrected chi connectivity index (χ0v) is 28.0. The average molecular weight is 587 g/mol. The Kier molecular flexibility index (Phi) is 23.6. The number of benzene rings is 2. The third-order valence-electron chi connectivity index (χ3n) is 8.93. The molecule has 0 fully saturated rings. The molecule has 0 heterocycles. The van der Waals surface area contributed by atoms with Crippen LogP contribution < -0.4 is 0 Å². The Morgan fingerprint density at radius 2 is 0.651 bits per heavy atom. The summed E-state index contributed by atoms with van der Waals surface area (Å²) in [5.74, 6) is 0. The van der Waals surface area contributed by atoms with Crippen molar-refractivity contribution in [2.45, 2.75) is 154 Å². The molecule has 0 aromatic heterocycles. The van der Waals surface area contributed by atoms with E-state index in [1.807, 2.05) is 12.2 Å². The van der Waals surface area contributed by atoms with Gasteiger partial charge < -0.3 is 4.74 Å². The number of unbranched alkanes of at least 4 members (excludes halogenated alkanes) is 18. The van der Waals surface area contributed by atoms with Gasteiger partial charge in [0.25, 0.3) is 0 Å². The maximum absolute atomic E-state index is 5.89. The van der Waals surface area contributed by atoms with Gasteiger partial charge >= 0.3 is 0 Å². The summed E-state index contributed by atoms with van der Waals surface area (Å²) < 4.78 is 5.89. The van der Waals surface area contributed by atoms with Crippen LogP contribution >= 0.6 is 0 Å². The highest BCUT2D eigenvalue weighted by molar-refractivity contribution is 5.29. The molecule has 0 unspecified atom stereocenters. The van der Waals surface area contributed by atoms with E-state index in [0.29, 0.717) is 0 Å². The minimum atomic E-state index is 0.968. The second kappa shape index (κ2) is 27.4. The number of aryl methyl sites for hydroxylation is 2. The molecule has 0 bridgehead atoms. The highest BCUT2D eigenvalue weighted by atomic mass is 16.5. The van der Waals surface area contributed by atoms with Crippen LogP contribution in [0.2, 0.25) is 0 Å². The Labute approximate surface area is 267 Å². The van der Waals surface area contributed by atoms with E-state index in [-0.39, 0.29) is 0 Å². The fourth-order valence-corrected chi connectivity index (χ4v) is 6.28. The molecule has 0 aliphatic heterocycles. The summed E-state index contributed by atoms with van der Waals surface area (Å²) in [6.07, 6.45) is 35.8. The van der Waals surface area contributed by atoms with Crippen LogP contribution in [-0.2, 0) is 30.4 Å². The number of hydrogen-bond donors (Lipinski definition) is 0. The fourth-order valence-electron chi connectivity index (χ4n) is 6.28. The normalized spacial score (nSPS) is 11.2. The van der Waals surface area contributed by atoms with E-state index in [0.717, 1.165) is 26.1 Å². The van der Waals surface area contributed by atoms with Crippen LogP contribution in [0.5, 0.6) is 0 Å². The number of rotatable bonds is 30. The van der Waals surface area contributed by atoms with Gasteiger partial charge in [0.1, 0.15) is 0 Å². The van der Waals surface area contributed by atoms with E-state index >= 15 is 0 Å². The van der Waals surface area contributed by atoms with Crippen LogP contribution in [0.1, 0.15) is 151 Å². The first-order valence-electron chi connectivity index (χ1n) is 18.3. The molecular formula is C42H66O. The molecule has 1 heteroatoms. The topological polar surface area (TPSA) is 9.23 Å². The zero-order chi connectivity index (χ0) is 30.5. The maximum atomic E-state index is 5.89.